The predicted octanol–water partition coefficient (Wildman–Crippen LogP) is 0.106. The fourth-order valence-corrected chi connectivity index (χ4v) is 0.946. The SMILES string of the molecule is CC(C)(C)OC(=O)CCC(Cl)[B-](F)(F)F.[K+]. The molecule has 0 fully saturated rings. The summed E-state index contributed by atoms with van der Waals surface area (Å²) in [6.45, 7) is -0.132. The van der Waals surface area contributed by atoms with Crippen molar-refractivity contribution in [2.75, 3.05) is 0 Å². The number of hydrogen-bond acceptors (Lipinski definition) is 2. The summed E-state index contributed by atoms with van der Waals surface area (Å²) in [6, 6.07) is 0. The third-order valence-corrected chi connectivity index (χ3v) is 1.96. The molecule has 0 aliphatic heterocycles. The molecule has 8 heteroatoms. The fourth-order valence-electron chi connectivity index (χ4n) is 0.837. The van der Waals surface area contributed by atoms with Gasteiger partial charge >= 0.3 is 64.3 Å². The van der Waals surface area contributed by atoms with Crippen molar-refractivity contribution in [2.24, 2.45) is 0 Å². The molecule has 0 heterocycles. The van der Waals surface area contributed by atoms with E-state index in [-0.39, 0.29) is 57.8 Å². The van der Waals surface area contributed by atoms with Crippen LogP contribution in [-0.4, -0.2) is 23.8 Å². The van der Waals surface area contributed by atoms with E-state index in [0.717, 1.165) is 0 Å². The van der Waals surface area contributed by atoms with Crippen molar-refractivity contribution in [3.63, 3.8) is 0 Å². The molecule has 16 heavy (non-hydrogen) atoms. The van der Waals surface area contributed by atoms with Crippen LogP contribution in [0.25, 0.3) is 0 Å². The molecule has 0 spiro atoms. The number of halogens is 4. The molecule has 0 aliphatic rings. The normalized spacial score (nSPS) is 13.9. The largest absolute Gasteiger partial charge is 1.00 e. The smallest absolute Gasteiger partial charge is 0.460 e. The molecule has 0 N–H and O–H groups in total. The molecule has 0 bridgehead atoms. The van der Waals surface area contributed by atoms with E-state index in [0.29, 0.717) is 0 Å². The zero-order valence-electron chi connectivity index (χ0n) is 9.90. The van der Waals surface area contributed by atoms with E-state index in [1.165, 1.54) is 0 Å². The van der Waals surface area contributed by atoms with Crippen molar-refractivity contribution in [1.82, 2.24) is 0 Å². The Morgan fingerprint density at radius 2 is 1.81 bits per heavy atom. The molecule has 1 atom stereocenters. The molecular formula is C8H14BClF3KO2. The van der Waals surface area contributed by atoms with Gasteiger partial charge in [-0.05, 0) is 20.8 Å². The molecule has 0 aromatic rings. The standard InChI is InChI=1S/C8H14BClF3O2.K/c1-8(2,3)15-7(14)5-4-6(10)9(11,12)13;/h6H,4-5H2,1-3H3;/q-1;+1. The minimum Gasteiger partial charge on any atom is -0.460 e. The van der Waals surface area contributed by atoms with Crippen molar-refractivity contribution < 1.29 is 73.9 Å². The number of carbonyl (C=O) groups is 1. The van der Waals surface area contributed by atoms with Crippen LogP contribution in [0.5, 0.6) is 0 Å². The molecule has 0 aromatic carbocycles. The molecule has 2 nitrogen and oxygen atoms in total. The number of alkyl halides is 1. The van der Waals surface area contributed by atoms with E-state index in [1.807, 2.05) is 0 Å². The summed E-state index contributed by atoms with van der Waals surface area (Å²) in [6.07, 6.45) is -0.743. The molecule has 0 amide bonds. The third kappa shape index (κ3) is 10.4. The first-order chi connectivity index (χ1) is 6.52. The number of ether oxygens (including phenoxy) is 1. The quantitative estimate of drug-likeness (QED) is 0.416. The van der Waals surface area contributed by atoms with Crippen LogP contribution in [0.2, 0.25) is 0 Å². The van der Waals surface area contributed by atoms with Gasteiger partial charge in [0.05, 0.1) is 0 Å². The average molecular weight is 285 g/mol. The monoisotopic (exact) mass is 284 g/mol. The molecule has 0 aliphatic carbocycles. The third-order valence-electron chi connectivity index (χ3n) is 1.45. The van der Waals surface area contributed by atoms with Gasteiger partial charge < -0.3 is 17.7 Å². The molecule has 0 radical (unpaired) electrons. The Bertz CT molecular complexity index is 230. The molecule has 90 valence electrons. The van der Waals surface area contributed by atoms with Crippen molar-refractivity contribution in [1.29, 1.82) is 0 Å². The van der Waals surface area contributed by atoms with Crippen molar-refractivity contribution in [3.05, 3.63) is 0 Å². The van der Waals surface area contributed by atoms with Gasteiger partial charge in [0.2, 0.25) is 0 Å². The van der Waals surface area contributed by atoms with Crippen molar-refractivity contribution >= 4 is 24.5 Å². The number of rotatable bonds is 4. The van der Waals surface area contributed by atoms with Crippen LogP contribution in [0.4, 0.5) is 12.9 Å². The van der Waals surface area contributed by atoms with Crippen molar-refractivity contribution in [2.45, 2.75) is 44.5 Å². The summed E-state index contributed by atoms with van der Waals surface area (Å²) in [5, 5.41) is -1.93. The van der Waals surface area contributed by atoms with Gasteiger partial charge in [-0.25, -0.2) is 0 Å². The van der Waals surface area contributed by atoms with E-state index in [4.69, 9.17) is 16.3 Å². The van der Waals surface area contributed by atoms with E-state index >= 15 is 0 Å². The van der Waals surface area contributed by atoms with Crippen LogP contribution in [0.1, 0.15) is 33.6 Å². The van der Waals surface area contributed by atoms with Gasteiger partial charge in [0.25, 0.3) is 0 Å². The van der Waals surface area contributed by atoms with Crippen LogP contribution in [-0.2, 0) is 9.53 Å². The first-order valence-electron chi connectivity index (χ1n) is 4.58. The minimum atomic E-state index is -5.08. The second kappa shape index (κ2) is 7.63. The molecule has 0 saturated carbocycles. The molecule has 0 saturated heterocycles. The molecule has 1 unspecified atom stereocenters. The van der Waals surface area contributed by atoms with Crippen LogP contribution in [0.15, 0.2) is 0 Å². The zero-order chi connectivity index (χ0) is 12.3. The van der Waals surface area contributed by atoms with Gasteiger partial charge in [-0.3, -0.25) is 4.79 Å². The topological polar surface area (TPSA) is 26.3 Å². The van der Waals surface area contributed by atoms with Crippen LogP contribution >= 0.6 is 11.6 Å². The fraction of sp³-hybridized carbons (Fsp3) is 0.875. The van der Waals surface area contributed by atoms with Crippen LogP contribution < -0.4 is 51.4 Å². The van der Waals surface area contributed by atoms with Gasteiger partial charge in [0, 0.05) is 11.7 Å². The van der Waals surface area contributed by atoms with E-state index in [2.05, 4.69) is 0 Å². The van der Waals surface area contributed by atoms with Gasteiger partial charge in [0.1, 0.15) is 5.60 Å². The molecule has 0 aromatic heterocycles. The summed E-state index contributed by atoms with van der Waals surface area (Å²) in [7, 11) is 0. The summed E-state index contributed by atoms with van der Waals surface area (Å²) in [5.41, 5.74) is -0.678. The van der Waals surface area contributed by atoms with Gasteiger partial charge in [-0.1, -0.05) is 6.42 Å². The van der Waals surface area contributed by atoms with Crippen LogP contribution in [0, 0.1) is 0 Å². The Hall–Kier alpha value is 1.25. The second-order valence-corrected chi connectivity index (χ2v) is 4.83. The van der Waals surface area contributed by atoms with Crippen LogP contribution in [0.3, 0.4) is 0 Å². The second-order valence-electron chi connectivity index (χ2n) is 4.27. The van der Waals surface area contributed by atoms with Crippen molar-refractivity contribution in [3.8, 4) is 0 Å². The maximum atomic E-state index is 12.0. The maximum Gasteiger partial charge on any atom is 1.00 e. The first-order valence-corrected chi connectivity index (χ1v) is 5.02. The van der Waals surface area contributed by atoms with E-state index in [9.17, 15) is 17.7 Å². The Labute approximate surface area is 141 Å². The average Bonchev–Trinajstić information content (AvgIpc) is 1.94. The summed E-state index contributed by atoms with van der Waals surface area (Å²) >= 11 is 5.07. The number of carbonyl (C=O) groups excluding carboxylic acids is 1. The Morgan fingerprint density at radius 3 is 2.12 bits per heavy atom. The van der Waals surface area contributed by atoms with Gasteiger partial charge in [-0.2, -0.15) is 11.6 Å². The number of hydrogen-bond donors (Lipinski definition) is 0. The molecular weight excluding hydrogens is 270 g/mol. The first kappa shape index (κ1) is 19.6. The van der Waals surface area contributed by atoms with Gasteiger partial charge in [-0.15, -0.1) is 0 Å². The minimum absolute atomic E-state index is 0. The predicted molar refractivity (Wildman–Crippen MR) is 53.8 cm³/mol. The Balaban J connectivity index is 0. The van der Waals surface area contributed by atoms with E-state index in [1.54, 1.807) is 20.8 Å². The Kier molecular flexibility index (Phi) is 9.35. The Morgan fingerprint density at radius 1 is 1.38 bits per heavy atom. The summed E-state index contributed by atoms with van der Waals surface area (Å²) in [4.78, 5) is 11.0. The summed E-state index contributed by atoms with van der Waals surface area (Å²) in [5.74, 6) is -0.659. The number of esters is 1. The zero-order valence-corrected chi connectivity index (χ0v) is 13.8. The van der Waals surface area contributed by atoms with Gasteiger partial charge in [0.15, 0.2) is 0 Å². The van der Waals surface area contributed by atoms with E-state index < -0.39 is 30.2 Å². The summed E-state index contributed by atoms with van der Waals surface area (Å²) < 4.78 is 40.9. The molecule has 0 rings (SSSR count). The maximum absolute atomic E-state index is 12.0.